The van der Waals surface area contributed by atoms with E-state index in [2.05, 4.69) is 0 Å². The highest BCUT2D eigenvalue weighted by Crippen LogP contribution is 2.27. The summed E-state index contributed by atoms with van der Waals surface area (Å²) in [6.07, 6.45) is 4.00. The number of rotatable bonds is 5. The molecule has 1 fully saturated rings. The van der Waals surface area contributed by atoms with E-state index in [0.717, 1.165) is 25.7 Å². The van der Waals surface area contributed by atoms with Crippen LogP contribution in [0.5, 0.6) is 5.75 Å². The number of nitro benzene ring substituents is 1. The molecule has 0 aromatic heterocycles. The van der Waals surface area contributed by atoms with Crippen molar-refractivity contribution in [1.82, 2.24) is 0 Å². The van der Waals surface area contributed by atoms with Gasteiger partial charge in [-0.1, -0.05) is 0 Å². The van der Waals surface area contributed by atoms with Crippen LogP contribution in [0.4, 0.5) is 5.69 Å². The molecule has 1 saturated carbocycles. The minimum Gasteiger partial charge on any atom is -0.496 e. The second-order valence-electron chi connectivity index (χ2n) is 5.10. The number of ether oxygens (including phenoxy) is 2. The van der Waals surface area contributed by atoms with Crippen molar-refractivity contribution < 1.29 is 14.4 Å². The molecule has 1 aliphatic carbocycles. The first-order chi connectivity index (χ1) is 9.60. The lowest BCUT2D eigenvalue weighted by Gasteiger charge is -2.26. The normalized spacial score (nSPS) is 22.5. The lowest BCUT2D eigenvalue weighted by Crippen LogP contribution is -2.30. The summed E-state index contributed by atoms with van der Waals surface area (Å²) in [6, 6.07) is 4.82. The maximum Gasteiger partial charge on any atom is 0.270 e. The zero-order valence-electron chi connectivity index (χ0n) is 11.6. The number of hydrogen-bond acceptors (Lipinski definition) is 5. The second kappa shape index (κ2) is 6.67. The van der Waals surface area contributed by atoms with Crippen LogP contribution in [0.15, 0.2) is 18.2 Å². The minimum absolute atomic E-state index is 0.0510. The van der Waals surface area contributed by atoms with Crippen molar-refractivity contribution in [3.63, 3.8) is 0 Å². The fourth-order valence-corrected chi connectivity index (χ4v) is 2.45. The number of hydrogen-bond donors (Lipinski definition) is 1. The van der Waals surface area contributed by atoms with Gasteiger partial charge >= 0.3 is 0 Å². The van der Waals surface area contributed by atoms with Gasteiger partial charge in [0.25, 0.3) is 5.69 Å². The van der Waals surface area contributed by atoms with E-state index in [0.29, 0.717) is 17.9 Å². The number of nitrogens with two attached hydrogens (primary N) is 1. The van der Waals surface area contributed by atoms with E-state index in [1.165, 1.54) is 12.1 Å². The summed E-state index contributed by atoms with van der Waals surface area (Å²) >= 11 is 0. The Labute approximate surface area is 118 Å². The third-order valence-corrected chi connectivity index (χ3v) is 3.67. The molecule has 110 valence electrons. The summed E-state index contributed by atoms with van der Waals surface area (Å²) < 4.78 is 11.1. The molecule has 0 saturated heterocycles. The molecule has 0 spiro atoms. The molecule has 2 N–H and O–H groups in total. The number of nitro groups is 1. The Kier molecular flexibility index (Phi) is 4.92. The van der Waals surface area contributed by atoms with Crippen molar-refractivity contribution >= 4 is 5.69 Å². The molecule has 0 amide bonds. The van der Waals surface area contributed by atoms with Gasteiger partial charge in [0, 0.05) is 23.7 Å². The molecule has 2 rings (SSSR count). The van der Waals surface area contributed by atoms with Crippen LogP contribution in [0, 0.1) is 10.1 Å². The maximum absolute atomic E-state index is 10.8. The molecule has 0 heterocycles. The number of methoxy groups -OCH3 is 1. The molecule has 0 aliphatic heterocycles. The first-order valence-electron chi connectivity index (χ1n) is 6.78. The van der Waals surface area contributed by atoms with Crippen LogP contribution in [-0.4, -0.2) is 24.2 Å². The van der Waals surface area contributed by atoms with Gasteiger partial charge in [0.2, 0.25) is 0 Å². The van der Waals surface area contributed by atoms with Gasteiger partial charge in [0.15, 0.2) is 0 Å². The van der Waals surface area contributed by atoms with Crippen LogP contribution in [0.25, 0.3) is 0 Å². The molecule has 6 heteroatoms. The van der Waals surface area contributed by atoms with Crippen molar-refractivity contribution in [3.8, 4) is 5.75 Å². The predicted molar refractivity (Wildman–Crippen MR) is 74.7 cm³/mol. The molecular weight excluding hydrogens is 260 g/mol. The largest absolute Gasteiger partial charge is 0.496 e. The molecule has 1 aromatic rings. The summed E-state index contributed by atoms with van der Waals surface area (Å²) in [6.45, 7) is 0.324. The number of nitrogens with zero attached hydrogens (tertiary/aromatic N) is 1. The SMILES string of the molecule is COc1ccc([N+](=O)[O-])cc1COC1CCC(N)CC1. The van der Waals surface area contributed by atoms with Gasteiger partial charge in [-0.25, -0.2) is 0 Å². The van der Waals surface area contributed by atoms with Gasteiger partial charge in [-0.3, -0.25) is 10.1 Å². The minimum atomic E-state index is -0.414. The molecule has 0 atom stereocenters. The van der Waals surface area contributed by atoms with E-state index in [1.54, 1.807) is 13.2 Å². The van der Waals surface area contributed by atoms with E-state index >= 15 is 0 Å². The van der Waals surface area contributed by atoms with Crippen molar-refractivity contribution in [2.24, 2.45) is 5.73 Å². The third kappa shape index (κ3) is 3.68. The first-order valence-corrected chi connectivity index (χ1v) is 6.78. The van der Waals surface area contributed by atoms with Gasteiger partial charge in [0.1, 0.15) is 5.75 Å². The molecule has 1 aromatic carbocycles. The van der Waals surface area contributed by atoms with Crippen molar-refractivity contribution in [3.05, 3.63) is 33.9 Å². The Balaban J connectivity index is 2.00. The van der Waals surface area contributed by atoms with E-state index in [4.69, 9.17) is 15.2 Å². The molecule has 0 unspecified atom stereocenters. The van der Waals surface area contributed by atoms with Gasteiger partial charge in [-0.15, -0.1) is 0 Å². The predicted octanol–water partition coefficient (Wildman–Crippen LogP) is 2.39. The summed E-state index contributed by atoms with van der Waals surface area (Å²) in [5, 5.41) is 10.8. The quantitative estimate of drug-likeness (QED) is 0.661. The fraction of sp³-hybridized carbons (Fsp3) is 0.571. The Hall–Kier alpha value is -1.66. The first kappa shape index (κ1) is 14.7. The Morgan fingerprint density at radius 1 is 1.35 bits per heavy atom. The van der Waals surface area contributed by atoms with E-state index in [1.807, 2.05) is 0 Å². The van der Waals surface area contributed by atoms with Gasteiger partial charge < -0.3 is 15.2 Å². The lowest BCUT2D eigenvalue weighted by molar-refractivity contribution is -0.385. The lowest BCUT2D eigenvalue weighted by atomic mass is 9.94. The Bertz CT molecular complexity index is 470. The maximum atomic E-state index is 10.8. The fourth-order valence-electron chi connectivity index (χ4n) is 2.45. The highest BCUT2D eigenvalue weighted by atomic mass is 16.6. The summed E-state index contributed by atoms with van der Waals surface area (Å²) in [4.78, 5) is 10.4. The van der Waals surface area contributed by atoms with E-state index in [-0.39, 0.29) is 17.8 Å². The molecule has 1 aliphatic rings. The van der Waals surface area contributed by atoms with E-state index < -0.39 is 4.92 Å². The summed E-state index contributed by atoms with van der Waals surface area (Å²) in [5.41, 5.74) is 6.61. The smallest absolute Gasteiger partial charge is 0.270 e. The van der Waals surface area contributed by atoms with Crippen LogP contribution in [-0.2, 0) is 11.3 Å². The van der Waals surface area contributed by atoms with Crippen molar-refractivity contribution in [2.75, 3.05) is 7.11 Å². The van der Waals surface area contributed by atoms with Crippen LogP contribution >= 0.6 is 0 Å². The van der Waals surface area contributed by atoms with Gasteiger partial charge in [-0.05, 0) is 31.7 Å². The molecule has 0 radical (unpaired) electrons. The molecule has 0 bridgehead atoms. The highest BCUT2D eigenvalue weighted by Gasteiger charge is 2.20. The van der Waals surface area contributed by atoms with Crippen molar-refractivity contribution in [1.29, 1.82) is 0 Å². The van der Waals surface area contributed by atoms with Crippen molar-refractivity contribution in [2.45, 2.75) is 44.4 Å². The van der Waals surface area contributed by atoms with Crippen LogP contribution < -0.4 is 10.5 Å². The monoisotopic (exact) mass is 280 g/mol. The molecular formula is C14H20N2O4. The zero-order valence-corrected chi connectivity index (χ0v) is 11.6. The average Bonchev–Trinajstić information content (AvgIpc) is 2.46. The average molecular weight is 280 g/mol. The number of benzene rings is 1. The second-order valence-corrected chi connectivity index (χ2v) is 5.10. The van der Waals surface area contributed by atoms with Crippen LogP contribution in [0.2, 0.25) is 0 Å². The van der Waals surface area contributed by atoms with Gasteiger partial charge in [-0.2, -0.15) is 0 Å². The van der Waals surface area contributed by atoms with Gasteiger partial charge in [0.05, 0.1) is 24.7 Å². The van der Waals surface area contributed by atoms with Crippen LogP contribution in [0.1, 0.15) is 31.2 Å². The Morgan fingerprint density at radius 2 is 2.05 bits per heavy atom. The molecule has 6 nitrogen and oxygen atoms in total. The standard InChI is InChI=1S/C14H20N2O4/c1-19-14-7-4-12(16(17)18)8-10(14)9-20-13-5-2-11(15)3-6-13/h4,7-8,11,13H,2-3,5-6,9,15H2,1H3. The summed E-state index contributed by atoms with van der Waals surface area (Å²) in [7, 11) is 1.55. The third-order valence-electron chi connectivity index (χ3n) is 3.67. The topological polar surface area (TPSA) is 87.6 Å². The number of non-ortho nitro benzene ring substituents is 1. The Morgan fingerprint density at radius 3 is 2.65 bits per heavy atom. The highest BCUT2D eigenvalue weighted by molar-refractivity contribution is 5.43. The van der Waals surface area contributed by atoms with Crippen LogP contribution in [0.3, 0.4) is 0 Å². The molecule has 20 heavy (non-hydrogen) atoms. The zero-order chi connectivity index (χ0) is 14.5. The van der Waals surface area contributed by atoms with E-state index in [9.17, 15) is 10.1 Å². The summed E-state index contributed by atoms with van der Waals surface area (Å²) in [5.74, 6) is 0.614.